The van der Waals surface area contributed by atoms with Crippen LogP contribution in [0.3, 0.4) is 0 Å². The summed E-state index contributed by atoms with van der Waals surface area (Å²) in [6.07, 6.45) is 3.75. The molecular formula is C35H39N5O4. The van der Waals surface area contributed by atoms with Gasteiger partial charge in [-0.2, -0.15) is 5.10 Å². The fraction of sp³-hybridized carbons (Fsp3) is 0.371. The van der Waals surface area contributed by atoms with Gasteiger partial charge in [-0.25, -0.2) is 14.5 Å². The van der Waals surface area contributed by atoms with Crippen molar-refractivity contribution in [1.29, 1.82) is 0 Å². The second-order valence-corrected chi connectivity index (χ2v) is 11.9. The zero-order valence-electron chi connectivity index (χ0n) is 25.5. The summed E-state index contributed by atoms with van der Waals surface area (Å²) in [5.41, 5.74) is 9.05. The van der Waals surface area contributed by atoms with Crippen molar-refractivity contribution in [2.75, 3.05) is 24.5 Å². The van der Waals surface area contributed by atoms with Gasteiger partial charge in [-0.15, -0.1) is 0 Å². The van der Waals surface area contributed by atoms with Crippen LogP contribution < -0.4 is 4.90 Å². The number of aryl methyl sites for hydroxylation is 1. The number of aromatic carboxylic acids is 1. The van der Waals surface area contributed by atoms with E-state index in [9.17, 15) is 19.8 Å². The molecule has 2 aliphatic heterocycles. The minimum absolute atomic E-state index is 0.179. The highest BCUT2D eigenvalue weighted by Gasteiger charge is 2.27. The van der Waals surface area contributed by atoms with Gasteiger partial charge in [0, 0.05) is 37.4 Å². The molecule has 0 saturated carbocycles. The smallest absolute Gasteiger partial charge is 0.339 e. The average Bonchev–Trinajstić information content (AvgIpc) is 3.66. The summed E-state index contributed by atoms with van der Waals surface area (Å²) < 4.78 is 1.63. The Morgan fingerprint density at radius 2 is 1.82 bits per heavy atom. The summed E-state index contributed by atoms with van der Waals surface area (Å²) in [6.45, 7) is 8.71. The molecule has 0 radical (unpaired) electrons. The largest absolute Gasteiger partial charge is 0.478 e. The number of nitrogens with zero attached hydrogens (tertiary/aromatic N) is 5. The third-order valence-corrected chi connectivity index (χ3v) is 9.11. The van der Waals surface area contributed by atoms with Gasteiger partial charge < -0.3 is 20.0 Å². The molecule has 9 nitrogen and oxygen atoms in total. The highest BCUT2D eigenvalue weighted by Crippen LogP contribution is 2.39. The highest BCUT2D eigenvalue weighted by molar-refractivity contribution is 5.89. The van der Waals surface area contributed by atoms with Crippen LogP contribution in [0.4, 0.5) is 5.69 Å². The minimum Gasteiger partial charge on any atom is -0.478 e. The zero-order valence-corrected chi connectivity index (χ0v) is 25.5. The fourth-order valence-electron chi connectivity index (χ4n) is 6.73. The Morgan fingerprint density at radius 3 is 2.52 bits per heavy atom. The van der Waals surface area contributed by atoms with E-state index in [0.717, 1.165) is 43.6 Å². The number of hydrogen-bond donors (Lipinski definition) is 2. The lowest BCUT2D eigenvalue weighted by molar-refractivity contribution is -0.140. The van der Waals surface area contributed by atoms with E-state index >= 15 is 0 Å². The normalized spacial score (nSPS) is 15.8. The van der Waals surface area contributed by atoms with E-state index in [0.29, 0.717) is 36.9 Å². The Bertz CT molecular complexity index is 1700. The van der Waals surface area contributed by atoms with Gasteiger partial charge in [0.05, 0.1) is 17.6 Å². The number of likely N-dealkylation sites (tertiary alicyclic amines) is 1. The summed E-state index contributed by atoms with van der Waals surface area (Å²) in [4.78, 5) is 33.1. The number of amides is 1. The van der Waals surface area contributed by atoms with Gasteiger partial charge in [0.15, 0.2) is 5.82 Å². The topological polar surface area (TPSA) is 112 Å². The number of piperidine rings is 1. The molecule has 1 fully saturated rings. The Kier molecular flexibility index (Phi) is 8.23. The van der Waals surface area contributed by atoms with E-state index < -0.39 is 12.1 Å². The number of carboxylic acids is 1. The van der Waals surface area contributed by atoms with Gasteiger partial charge >= 0.3 is 5.97 Å². The Balaban J connectivity index is 1.23. The fourth-order valence-corrected chi connectivity index (χ4v) is 6.73. The Hall–Kier alpha value is -4.50. The maximum Gasteiger partial charge on any atom is 0.339 e. The number of aromatic nitrogens is 3. The molecule has 44 heavy (non-hydrogen) atoms. The molecule has 1 unspecified atom stereocenters. The highest BCUT2D eigenvalue weighted by atomic mass is 16.4. The van der Waals surface area contributed by atoms with Crippen LogP contribution in [0, 0.1) is 6.92 Å². The molecule has 0 spiro atoms. The van der Waals surface area contributed by atoms with Gasteiger partial charge in [0.25, 0.3) is 5.91 Å². The predicted octanol–water partition coefficient (Wildman–Crippen LogP) is 5.15. The molecule has 9 heteroatoms. The summed E-state index contributed by atoms with van der Waals surface area (Å²) in [7, 11) is 0. The van der Waals surface area contributed by atoms with Crippen LogP contribution in [0.15, 0.2) is 60.8 Å². The SMILES string of the molecule is CCc1c(C(=O)O)cnn1-c1cccc(-c2cccc3c2N(Cc2ccc(C4CCN(C(=O)C(C)O)CC4)cc2C)CC3)n1. The molecule has 2 aromatic heterocycles. The van der Waals surface area contributed by atoms with Crippen LogP contribution in [-0.4, -0.2) is 67.5 Å². The first kappa shape index (κ1) is 29.6. The number of hydrogen-bond acceptors (Lipinski definition) is 6. The lowest BCUT2D eigenvalue weighted by Crippen LogP contribution is -2.42. The number of aliphatic hydroxyl groups is 1. The molecule has 1 atom stereocenters. The van der Waals surface area contributed by atoms with Crippen molar-refractivity contribution in [2.45, 2.75) is 65.0 Å². The quantitative estimate of drug-likeness (QED) is 0.291. The van der Waals surface area contributed by atoms with Crippen molar-refractivity contribution in [3.8, 4) is 17.1 Å². The van der Waals surface area contributed by atoms with Gasteiger partial charge in [-0.3, -0.25) is 4.79 Å². The molecule has 0 aliphatic carbocycles. The number of benzene rings is 2. The maximum absolute atomic E-state index is 12.2. The molecule has 0 bridgehead atoms. The molecular weight excluding hydrogens is 554 g/mol. The van der Waals surface area contributed by atoms with E-state index in [2.05, 4.69) is 53.3 Å². The monoisotopic (exact) mass is 593 g/mol. The van der Waals surface area contributed by atoms with E-state index in [-0.39, 0.29) is 11.5 Å². The zero-order chi connectivity index (χ0) is 31.0. The van der Waals surface area contributed by atoms with Gasteiger partial charge in [-0.05, 0) is 79.8 Å². The van der Waals surface area contributed by atoms with E-state index in [1.165, 1.54) is 41.1 Å². The second kappa shape index (κ2) is 12.2. The Morgan fingerprint density at radius 1 is 1.05 bits per heavy atom. The van der Waals surface area contributed by atoms with Crippen molar-refractivity contribution in [1.82, 2.24) is 19.7 Å². The van der Waals surface area contributed by atoms with Crippen LogP contribution >= 0.6 is 0 Å². The first-order valence-electron chi connectivity index (χ1n) is 15.5. The maximum atomic E-state index is 12.2. The summed E-state index contributed by atoms with van der Waals surface area (Å²) in [5.74, 6) is -0.158. The number of carboxylic acid groups (broad SMARTS) is 1. The van der Waals surface area contributed by atoms with E-state index in [1.807, 2.05) is 25.1 Å². The van der Waals surface area contributed by atoms with Crippen LogP contribution in [0.5, 0.6) is 0 Å². The first-order valence-corrected chi connectivity index (χ1v) is 15.5. The van der Waals surface area contributed by atoms with Crippen molar-refractivity contribution in [2.24, 2.45) is 0 Å². The summed E-state index contributed by atoms with van der Waals surface area (Å²) in [6, 6.07) is 19.0. The van der Waals surface area contributed by atoms with Crippen LogP contribution in [0.2, 0.25) is 0 Å². The molecule has 1 amide bonds. The molecule has 228 valence electrons. The summed E-state index contributed by atoms with van der Waals surface area (Å²) >= 11 is 0. The number of para-hydroxylation sites is 1. The van der Waals surface area contributed by atoms with Gasteiger partial charge in [-0.1, -0.05) is 49.4 Å². The average molecular weight is 594 g/mol. The summed E-state index contributed by atoms with van der Waals surface area (Å²) in [5, 5.41) is 23.6. The van der Waals surface area contributed by atoms with E-state index in [4.69, 9.17) is 4.98 Å². The minimum atomic E-state index is -0.987. The standard InChI is InChI=1S/C35H39N5O4/c1-4-31-29(35(43)44)20-36-40(31)32-10-6-9-30(37-32)28-8-5-7-25-15-18-39(33(25)28)21-27-12-11-26(19-22(27)2)24-13-16-38(17-14-24)34(42)23(3)41/h5-12,19-20,23-24,41H,4,13-18,21H2,1-3H3,(H,43,44). The molecule has 2 aliphatic rings. The van der Waals surface area contributed by atoms with Crippen molar-refractivity contribution >= 4 is 17.6 Å². The molecule has 4 heterocycles. The lowest BCUT2D eigenvalue weighted by Gasteiger charge is -2.33. The molecule has 6 rings (SSSR count). The van der Waals surface area contributed by atoms with Crippen molar-refractivity contribution in [3.05, 3.63) is 94.3 Å². The number of aliphatic hydroxyl groups excluding tert-OH is 1. The number of rotatable bonds is 8. The number of anilines is 1. The van der Waals surface area contributed by atoms with Gasteiger partial charge in [0.2, 0.25) is 0 Å². The van der Waals surface area contributed by atoms with E-state index in [1.54, 1.807) is 9.58 Å². The van der Waals surface area contributed by atoms with Crippen LogP contribution in [0.1, 0.15) is 70.9 Å². The third kappa shape index (κ3) is 5.59. The lowest BCUT2D eigenvalue weighted by atomic mass is 9.87. The first-order chi connectivity index (χ1) is 21.2. The second-order valence-electron chi connectivity index (χ2n) is 11.9. The van der Waals surface area contributed by atoms with Crippen molar-refractivity contribution in [3.63, 3.8) is 0 Å². The number of carbonyl (C=O) groups excluding carboxylic acids is 1. The number of fused-ring (bicyclic) bond motifs is 1. The predicted molar refractivity (Wildman–Crippen MR) is 169 cm³/mol. The Labute approximate surface area is 257 Å². The molecule has 1 saturated heterocycles. The number of pyridine rings is 1. The molecule has 2 aromatic carbocycles. The van der Waals surface area contributed by atoms with Crippen LogP contribution in [0.25, 0.3) is 17.1 Å². The van der Waals surface area contributed by atoms with Crippen molar-refractivity contribution < 1.29 is 19.8 Å². The van der Waals surface area contributed by atoms with Gasteiger partial charge in [0.1, 0.15) is 11.7 Å². The van der Waals surface area contributed by atoms with Crippen LogP contribution in [-0.2, 0) is 24.2 Å². The molecule has 4 aromatic rings. The molecule has 2 N–H and O–H groups in total. The number of carbonyl (C=O) groups is 2. The third-order valence-electron chi connectivity index (χ3n) is 9.11.